The molecule has 0 bridgehead atoms. The van der Waals surface area contributed by atoms with Crippen LogP contribution < -0.4 is 0 Å². The molecule has 1 heterocycles. The standard InChI is InChI=1S/C7H11N3O5S/c1-2-3-15-16(13,14)6-9-5-7(4-8-9)10(11)12/h4-5H,2-3,6H2,1H3. The van der Waals surface area contributed by atoms with Crippen molar-refractivity contribution in [3.05, 3.63) is 22.5 Å². The smallest absolute Gasteiger partial charge is 0.269 e. The number of nitro groups is 1. The van der Waals surface area contributed by atoms with E-state index < -0.39 is 20.9 Å². The quantitative estimate of drug-likeness (QED) is 0.413. The van der Waals surface area contributed by atoms with Gasteiger partial charge >= 0.3 is 5.69 Å². The minimum atomic E-state index is -3.73. The van der Waals surface area contributed by atoms with Gasteiger partial charge in [0.25, 0.3) is 10.1 Å². The minimum Gasteiger partial charge on any atom is -0.269 e. The van der Waals surface area contributed by atoms with E-state index in [1.807, 2.05) is 0 Å². The Kier molecular flexibility index (Phi) is 3.96. The van der Waals surface area contributed by atoms with Crippen LogP contribution in [0.2, 0.25) is 0 Å². The molecule has 0 amide bonds. The lowest BCUT2D eigenvalue weighted by molar-refractivity contribution is -0.385. The van der Waals surface area contributed by atoms with Gasteiger partial charge in [-0.3, -0.25) is 14.3 Å². The lowest BCUT2D eigenvalue weighted by Crippen LogP contribution is -2.14. The lowest BCUT2D eigenvalue weighted by atomic mass is 10.5. The molecule has 0 radical (unpaired) electrons. The largest absolute Gasteiger partial charge is 0.307 e. The molecule has 0 N–H and O–H groups in total. The summed E-state index contributed by atoms with van der Waals surface area (Å²) in [4.78, 5) is 9.67. The Bertz CT molecular complexity index is 466. The first-order valence-corrected chi connectivity index (χ1v) is 6.06. The van der Waals surface area contributed by atoms with E-state index in [9.17, 15) is 18.5 Å². The summed E-state index contributed by atoms with van der Waals surface area (Å²) in [5.74, 6) is -0.527. The number of hydrogen-bond donors (Lipinski definition) is 0. The highest BCUT2D eigenvalue weighted by Gasteiger charge is 2.15. The van der Waals surface area contributed by atoms with Gasteiger partial charge in [0.2, 0.25) is 0 Å². The second kappa shape index (κ2) is 5.03. The summed E-state index contributed by atoms with van der Waals surface area (Å²) in [6, 6.07) is 0. The summed E-state index contributed by atoms with van der Waals surface area (Å²) in [6.45, 7) is 1.86. The van der Waals surface area contributed by atoms with Gasteiger partial charge in [-0.05, 0) is 6.42 Å². The molecule has 16 heavy (non-hydrogen) atoms. The molecule has 0 aliphatic rings. The van der Waals surface area contributed by atoms with Gasteiger partial charge in [0.1, 0.15) is 12.4 Å². The summed E-state index contributed by atoms with van der Waals surface area (Å²) in [7, 11) is -3.73. The van der Waals surface area contributed by atoms with Gasteiger partial charge in [-0.25, -0.2) is 4.68 Å². The number of rotatable bonds is 6. The first-order chi connectivity index (χ1) is 7.44. The van der Waals surface area contributed by atoms with E-state index in [1.54, 1.807) is 6.92 Å². The average Bonchev–Trinajstić information content (AvgIpc) is 2.62. The van der Waals surface area contributed by atoms with E-state index in [4.69, 9.17) is 0 Å². The maximum atomic E-state index is 11.3. The van der Waals surface area contributed by atoms with Gasteiger partial charge in [-0.1, -0.05) is 6.92 Å². The molecule has 1 aromatic heterocycles. The molecular weight excluding hydrogens is 238 g/mol. The van der Waals surface area contributed by atoms with Crippen LogP contribution in [-0.4, -0.2) is 29.7 Å². The topological polar surface area (TPSA) is 104 Å². The number of aromatic nitrogens is 2. The Morgan fingerprint density at radius 1 is 1.62 bits per heavy atom. The second-order valence-electron chi connectivity index (χ2n) is 3.00. The Morgan fingerprint density at radius 3 is 2.81 bits per heavy atom. The van der Waals surface area contributed by atoms with Crippen LogP contribution in [0, 0.1) is 10.1 Å². The summed E-state index contributed by atoms with van der Waals surface area (Å²) in [5.41, 5.74) is -0.259. The van der Waals surface area contributed by atoms with Crippen molar-refractivity contribution >= 4 is 15.8 Å². The van der Waals surface area contributed by atoms with E-state index in [-0.39, 0.29) is 12.3 Å². The van der Waals surface area contributed by atoms with Gasteiger partial charge in [0.05, 0.1) is 11.5 Å². The van der Waals surface area contributed by atoms with Crippen molar-refractivity contribution < 1.29 is 17.5 Å². The molecule has 0 saturated heterocycles. The molecule has 0 fully saturated rings. The van der Waals surface area contributed by atoms with Crippen LogP contribution in [0.15, 0.2) is 12.4 Å². The molecule has 0 aliphatic carbocycles. The molecule has 1 rings (SSSR count). The zero-order chi connectivity index (χ0) is 12.2. The molecule has 0 spiro atoms. The van der Waals surface area contributed by atoms with Crippen LogP contribution >= 0.6 is 0 Å². The Hall–Kier alpha value is -1.48. The van der Waals surface area contributed by atoms with Crippen molar-refractivity contribution in [3.8, 4) is 0 Å². The van der Waals surface area contributed by atoms with Crippen LogP contribution in [0.1, 0.15) is 13.3 Å². The van der Waals surface area contributed by atoms with Gasteiger partial charge in [-0.2, -0.15) is 13.5 Å². The molecule has 9 heteroatoms. The Morgan fingerprint density at radius 2 is 2.31 bits per heavy atom. The van der Waals surface area contributed by atoms with Crippen LogP contribution in [0.25, 0.3) is 0 Å². The Balaban J connectivity index is 2.69. The summed E-state index contributed by atoms with van der Waals surface area (Å²) in [6.07, 6.45) is 2.58. The van der Waals surface area contributed by atoms with Crippen LogP contribution in [0.3, 0.4) is 0 Å². The fourth-order valence-corrected chi connectivity index (χ4v) is 1.89. The fourth-order valence-electron chi connectivity index (χ4n) is 0.927. The molecule has 1 aromatic rings. The van der Waals surface area contributed by atoms with E-state index in [1.165, 1.54) is 0 Å². The van der Waals surface area contributed by atoms with E-state index >= 15 is 0 Å². The van der Waals surface area contributed by atoms with Gasteiger partial charge in [0, 0.05) is 0 Å². The van der Waals surface area contributed by atoms with Crippen molar-refractivity contribution in [2.45, 2.75) is 19.2 Å². The second-order valence-corrected chi connectivity index (χ2v) is 4.61. The molecular formula is C7H11N3O5S. The van der Waals surface area contributed by atoms with Crippen molar-refractivity contribution in [3.63, 3.8) is 0 Å². The van der Waals surface area contributed by atoms with Crippen LogP contribution in [0.4, 0.5) is 5.69 Å². The maximum absolute atomic E-state index is 11.3. The average molecular weight is 249 g/mol. The fraction of sp³-hybridized carbons (Fsp3) is 0.571. The SMILES string of the molecule is CCCOS(=O)(=O)Cn1cc([N+](=O)[O-])cn1. The number of hydrogen-bond acceptors (Lipinski definition) is 6. The first kappa shape index (κ1) is 12.6. The lowest BCUT2D eigenvalue weighted by Gasteiger charge is -2.03. The predicted molar refractivity (Wildman–Crippen MR) is 54.0 cm³/mol. The van der Waals surface area contributed by atoms with Gasteiger partial charge in [0.15, 0.2) is 5.88 Å². The van der Waals surface area contributed by atoms with E-state index in [0.717, 1.165) is 17.1 Å². The molecule has 0 atom stereocenters. The number of nitrogens with zero attached hydrogens (tertiary/aromatic N) is 3. The predicted octanol–water partition coefficient (Wildman–Crippen LogP) is 0.505. The third-order valence-corrected chi connectivity index (χ3v) is 2.69. The Labute approximate surface area is 92.1 Å². The minimum absolute atomic E-state index is 0.0890. The molecule has 0 saturated carbocycles. The van der Waals surface area contributed by atoms with Crippen molar-refractivity contribution in [1.29, 1.82) is 0 Å². The van der Waals surface area contributed by atoms with Crippen molar-refractivity contribution in [2.75, 3.05) is 6.61 Å². The van der Waals surface area contributed by atoms with Crippen LogP contribution in [0.5, 0.6) is 0 Å². The molecule has 90 valence electrons. The summed E-state index contributed by atoms with van der Waals surface area (Å²) >= 11 is 0. The molecule has 0 aromatic carbocycles. The van der Waals surface area contributed by atoms with E-state index in [0.29, 0.717) is 6.42 Å². The molecule has 0 unspecified atom stereocenters. The third-order valence-electron chi connectivity index (χ3n) is 1.59. The van der Waals surface area contributed by atoms with Crippen LogP contribution in [-0.2, 0) is 20.2 Å². The van der Waals surface area contributed by atoms with E-state index in [2.05, 4.69) is 9.28 Å². The molecule has 8 nitrogen and oxygen atoms in total. The van der Waals surface area contributed by atoms with Crippen molar-refractivity contribution in [2.24, 2.45) is 0 Å². The monoisotopic (exact) mass is 249 g/mol. The summed E-state index contributed by atoms with van der Waals surface area (Å²) in [5, 5.41) is 13.9. The molecule has 0 aliphatic heterocycles. The maximum Gasteiger partial charge on any atom is 0.307 e. The zero-order valence-electron chi connectivity index (χ0n) is 8.57. The first-order valence-electron chi connectivity index (χ1n) is 4.48. The third kappa shape index (κ3) is 3.59. The van der Waals surface area contributed by atoms with Crippen molar-refractivity contribution in [1.82, 2.24) is 9.78 Å². The van der Waals surface area contributed by atoms with Gasteiger partial charge in [-0.15, -0.1) is 0 Å². The zero-order valence-corrected chi connectivity index (χ0v) is 9.38. The normalized spacial score (nSPS) is 11.6. The highest BCUT2D eigenvalue weighted by molar-refractivity contribution is 7.85. The van der Waals surface area contributed by atoms with Gasteiger partial charge < -0.3 is 0 Å². The highest BCUT2D eigenvalue weighted by atomic mass is 32.2. The highest BCUT2D eigenvalue weighted by Crippen LogP contribution is 2.09. The summed E-state index contributed by atoms with van der Waals surface area (Å²) < 4.78 is 28.1.